The van der Waals surface area contributed by atoms with Crippen LogP contribution in [0.2, 0.25) is 0 Å². The summed E-state index contributed by atoms with van der Waals surface area (Å²) >= 11 is 0. The number of nitrogens with zero attached hydrogens (tertiary/aromatic N) is 2. The molecule has 0 amide bonds. The molecule has 2 nitrogen and oxygen atoms in total. The predicted molar refractivity (Wildman–Crippen MR) is 230 cm³/mol. The van der Waals surface area contributed by atoms with E-state index in [9.17, 15) is 0 Å². The number of hydrogen-bond acceptors (Lipinski definition) is 0. The van der Waals surface area contributed by atoms with Gasteiger partial charge in [0.25, 0.3) is 0 Å². The molecule has 0 spiro atoms. The molecule has 0 saturated heterocycles. The van der Waals surface area contributed by atoms with Gasteiger partial charge in [0.2, 0.25) is 0 Å². The number of hydrogen-bond donors (Lipinski definition) is 0. The van der Waals surface area contributed by atoms with Crippen molar-refractivity contribution >= 4 is 43.6 Å². The van der Waals surface area contributed by atoms with Gasteiger partial charge in [-0.15, -0.1) is 0 Å². The minimum Gasteiger partial charge on any atom is -0.309 e. The van der Waals surface area contributed by atoms with Crippen LogP contribution in [-0.4, -0.2) is 9.13 Å². The number of benzene rings is 8. The monoisotopic (exact) mass is 692 g/mol. The second-order valence-corrected chi connectivity index (χ2v) is 15.5. The first-order valence-electron chi connectivity index (χ1n) is 18.8. The summed E-state index contributed by atoms with van der Waals surface area (Å²) in [5.74, 6) is 0. The third-order valence-corrected chi connectivity index (χ3v) is 11.1. The molecule has 0 N–H and O–H groups in total. The van der Waals surface area contributed by atoms with Crippen LogP contribution in [0, 0.1) is 0 Å². The van der Waals surface area contributed by atoms with E-state index in [0.29, 0.717) is 0 Å². The molecular formula is C52H40N2. The van der Waals surface area contributed by atoms with Crippen molar-refractivity contribution in [3.63, 3.8) is 0 Å². The molecule has 0 bridgehead atoms. The Labute approximate surface area is 316 Å². The molecule has 0 fully saturated rings. The van der Waals surface area contributed by atoms with Crippen molar-refractivity contribution < 1.29 is 0 Å². The second kappa shape index (κ2) is 12.5. The Morgan fingerprint density at radius 2 is 0.704 bits per heavy atom. The minimum absolute atomic E-state index is 0.141. The third kappa shape index (κ3) is 5.33. The van der Waals surface area contributed by atoms with Crippen molar-refractivity contribution in [3.8, 4) is 44.8 Å². The summed E-state index contributed by atoms with van der Waals surface area (Å²) in [7, 11) is 0. The zero-order valence-corrected chi connectivity index (χ0v) is 30.8. The van der Waals surface area contributed by atoms with Crippen LogP contribution in [0.25, 0.3) is 88.4 Å². The molecule has 0 aliphatic carbocycles. The molecule has 0 aliphatic rings. The zero-order chi connectivity index (χ0) is 36.4. The van der Waals surface area contributed by atoms with Crippen molar-refractivity contribution in [2.45, 2.75) is 26.2 Å². The van der Waals surface area contributed by atoms with Gasteiger partial charge in [0, 0.05) is 32.9 Å². The lowest BCUT2D eigenvalue weighted by atomic mass is 9.86. The van der Waals surface area contributed by atoms with E-state index in [1.54, 1.807) is 0 Å². The molecule has 0 saturated carbocycles. The van der Waals surface area contributed by atoms with Crippen molar-refractivity contribution in [2.75, 3.05) is 0 Å². The highest BCUT2D eigenvalue weighted by molar-refractivity contribution is 6.12. The number of aromatic nitrogens is 2. The number of rotatable bonds is 5. The molecule has 2 heterocycles. The molecule has 0 unspecified atom stereocenters. The summed E-state index contributed by atoms with van der Waals surface area (Å²) in [6.07, 6.45) is 0. The van der Waals surface area contributed by atoms with E-state index in [0.717, 1.165) is 5.69 Å². The van der Waals surface area contributed by atoms with Gasteiger partial charge in [-0.1, -0.05) is 142 Å². The summed E-state index contributed by atoms with van der Waals surface area (Å²) in [6, 6.07) is 69.0. The average molecular weight is 693 g/mol. The molecule has 54 heavy (non-hydrogen) atoms. The Kier molecular flexibility index (Phi) is 7.42. The number of fused-ring (bicyclic) bond motifs is 6. The molecule has 2 aromatic heterocycles. The van der Waals surface area contributed by atoms with E-state index >= 15 is 0 Å². The van der Waals surface area contributed by atoms with E-state index in [2.05, 4.69) is 218 Å². The van der Waals surface area contributed by atoms with Gasteiger partial charge in [-0.3, -0.25) is 0 Å². The summed E-state index contributed by atoms with van der Waals surface area (Å²) in [6.45, 7) is 6.78. The Hall–Kier alpha value is -6.64. The average Bonchev–Trinajstić information content (AvgIpc) is 3.73. The Morgan fingerprint density at radius 1 is 0.296 bits per heavy atom. The van der Waals surface area contributed by atoms with Gasteiger partial charge in [-0.2, -0.15) is 0 Å². The molecule has 258 valence electrons. The molecule has 0 radical (unpaired) electrons. The standard InChI is InChI=1S/C52H40N2/c1-52(2,3)41-26-20-35(21-27-41)37-12-11-13-38(32-37)36-22-28-43(29-23-36)54-49-19-10-8-17-45(49)47-34-40(25-31-51(47)54)39-24-30-50-46(33-39)44-16-7-9-18-48(44)53(50)42-14-5-4-6-15-42/h4-34H,1-3H3. The fourth-order valence-corrected chi connectivity index (χ4v) is 8.28. The van der Waals surface area contributed by atoms with E-state index in [1.165, 1.54) is 88.2 Å². The smallest absolute Gasteiger partial charge is 0.0541 e. The minimum atomic E-state index is 0.141. The van der Waals surface area contributed by atoms with Crippen LogP contribution in [0.4, 0.5) is 0 Å². The van der Waals surface area contributed by atoms with Gasteiger partial charge in [0.15, 0.2) is 0 Å². The molecular weight excluding hydrogens is 653 g/mol. The van der Waals surface area contributed by atoms with Crippen LogP contribution in [0.1, 0.15) is 26.3 Å². The zero-order valence-electron chi connectivity index (χ0n) is 30.8. The second-order valence-electron chi connectivity index (χ2n) is 15.5. The SMILES string of the molecule is CC(C)(C)c1ccc(-c2cccc(-c3ccc(-n4c5ccccc5c5cc(-c6ccc7c(c6)c6ccccc6n7-c6ccccc6)ccc54)cc3)c2)cc1. The first-order chi connectivity index (χ1) is 26.4. The van der Waals surface area contributed by atoms with Crippen LogP contribution < -0.4 is 0 Å². The molecule has 10 aromatic rings. The first kappa shape index (κ1) is 32.0. The summed E-state index contributed by atoms with van der Waals surface area (Å²) in [5, 5.41) is 5.04. The highest BCUT2D eigenvalue weighted by atomic mass is 15.0. The molecule has 8 aromatic carbocycles. The van der Waals surface area contributed by atoms with Gasteiger partial charge in [0.05, 0.1) is 22.1 Å². The van der Waals surface area contributed by atoms with E-state index in [4.69, 9.17) is 0 Å². The maximum atomic E-state index is 2.40. The lowest BCUT2D eigenvalue weighted by Gasteiger charge is -2.19. The molecule has 2 heteroatoms. The fourth-order valence-electron chi connectivity index (χ4n) is 8.28. The van der Waals surface area contributed by atoms with Gasteiger partial charge in [-0.05, 0) is 111 Å². The van der Waals surface area contributed by atoms with Gasteiger partial charge >= 0.3 is 0 Å². The van der Waals surface area contributed by atoms with Crippen molar-refractivity contribution in [2.24, 2.45) is 0 Å². The van der Waals surface area contributed by atoms with Crippen LogP contribution in [-0.2, 0) is 5.41 Å². The highest BCUT2D eigenvalue weighted by Crippen LogP contribution is 2.39. The van der Waals surface area contributed by atoms with Gasteiger partial charge < -0.3 is 9.13 Å². The van der Waals surface area contributed by atoms with Crippen molar-refractivity contribution in [1.82, 2.24) is 9.13 Å². The van der Waals surface area contributed by atoms with Crippen LogP contribution in [0.3, 0.4) is 0 Å². The van der Waals surface area contributed by atoms with Crippen LogP contribution in [0.5, 0.6) is 0 Å². The van der Waals surface area contributed by atoms with E-state index in [-0.39, 0.29) is 5.41 Å². The maximum absolute atomic E-state index is 2.40. The maximum Gasteiger partial charge on any atom is 0.0541 e. The quantitative estimate of drug-likeness (QED) is 0.170. The van der Waals surface area contributed by atoms with Crippen molar-refractivity contribution in [1.29, 1.82) is 0 Å². The molecule has 10 rings (SSSR count). The van der Waals surface area contributed by atoms with Crippen LogP contribution in [0.15, 0.2) is 188 Å². The lowest BCUT2D eigenvalue weighted by Crippen LogP contribution is -2.10. The Morgan fingerprint density at radius 3 is 1.22 bits per heavy atom. The van der Waals surface area contributed by atoms with Gasteiger partial charge in [0.1, 0.15) is 0 Å². The lowest BCUT2D eigenvalue weighted by molar-refractivity contribution is 0.590. The van der Waals surface area contributed by atoms with Crippen molar-refractivity contribution in [3.05, 3.63) is 194 Å². The normalized spacial score (nSPS) is 12.0. The summed E-state index contributed by atoms with van der Waals surface area (Å²) in [5.41, 5.74) is 16.0. The summed E-state index contributed by atoms with van der Waals surface area (Å²) in [4.78, 5) is 0. The summed E-state index contributed by atoms with van der Waals surface area (Å²) < 4.78 is 4.78. The Balaban J connectivity index is 1.03. The third-order valence-electron chi connectivity index (χ3n) is 11.1. The first-order valence-corrected chi connectivity index (χ1v) is 18.8. The van der Waals surface area contributed by atoms with E-state index in [1.807, 2.05) is 0 Å². The molecule has 0 aliphatic heterocycles. The fraction of sp³-hybridized carbons (Fsp3) is 0.0769. The van der Waals surface area contributed by atoms with E-state index < -0.39 is 0 Å². The topological polar surface area (TPSA) is 9.86 Å². The largest absolute Gasteiger partial charge is 0.309 e. The molecule has 0 atom stereocenters. The Bertz CT molecular complexity index is 2990. The predicted octanol–water partition coefficient (Wildman–Crippen LogP) is 14.2. The number of para-hydroxylation sites is 3. The van der Waals surface area contributed by atoms with Gasteiger partial charge in [-0.25, -0.2) is 0 Å². The van der Waals surface area contributed by atoms with Crippen LogP contribution >= 0.6 is 0 Å². The highest BCUT2D eigenvalue weighted by Gasteiger charge is 2.17.